The largest absolute Gasteiger partial charge is 0.361 e. The number of thiazole rings is 1. The van der Waals surface area contributed by atoms with Crippen LogP contribution in [0.5, 0.6) is 0 Å². The highest BCUT2D eigenvalue weighted by Gasteiger charge is 2.19. The second-order valence-corrected chi connectivity index (χ2v) is 7.92. The Labute approximate surface area is 176 Å². The predicted octanol–water partition coefficient (Wildman–Crippen LogP) is 2.66. The molecule has 4 rings (SSSR count). The Hall–Kier alpha value is -3.40. The van der Waals surface area contributed by atoms with Crippen molar-refractivity contribution in [3.8, 4) is 5.13 Å². The fourth-order valence-electron chi connectivity index (χ4n) is 3.12. The Kier molecular flexibility index (Phi) is 5.40. The molecule has 0 saturated carbocycles. The van der Waals surface area contributed by atoms with Crippen molar-refractivity contribution in [3.05, 3.63) is 74.5 Å². The zero-order valence-electron chi connectivity index (χ0n) is 16.8. The molecule has 0 aliphatic heterocycles. The Bertz CT molecular complexity index is 1230. The van der Waals surface area contributed by atoms with E-state index in [1.807, 2.05) is 19.1 Å². The van der Waals surface area contributed by atoms with Gasteiger partial charge < -0.3 is 4.52 Å². The van der Waals surface area contributed by atoms with E-state index in [9.17, 15) is 9.59 Å². The first-order chi connectivity index (χ1) is 14.4. The first kappa shape index (κ1) is 19.9. The van der Waals surface area contributed by atoms with Crippen molar-refractivity contribution in [3.63, 3.8) is 0 Å². The number of rotatable bonds is 7. The first-order valence-electron chi connectivity index (χ1n) is 9.40. The van der Waals surface area contributed by atoms with Crippen molar-refractivity contribution < 1.29 is 9.32 Å². The van der Waals surface area contributed by atoms with E-state index in [0.29, 0.717) is 34.3 Å². The standard InChI is InChI=1S/C20H20N6O3S/c1-12-16(14(3)29-24-12)10-26-20(28)25(11-22-26)19-23-13(2)18(30-19)17(27)7-6-15-5-4-8-21-9-15/h4-5,8-9,11H,6-7,10H2,1-3H3. The summed E-state index contributed by atoms with van der Waals surface area (Å²) in [6.45, 7) is 5.65. The number of Topliss-reactive ketones (excluding diaryl/α,β-unsaturated/α-hetero) is 1. The van der Waals surface area contributed by atoms with Crippen molar-refractivity contribution >= 4 is 17.1 Å². The lowest BCUT2D eigenvalue weighted by atomic mass is 10.1. The zero-order chi connectivity index (χ0) is 21.3. The molecular formula is C20H20N6O3S. The van der Waals surface area contributed by atoms with Crippen LogP contribution in [0.3, 0.4) is 0 Å². The maximum atomic E-state index is 12.8. The number of aromatic nitrogens is 6. The van der Waals surface area contributed by atoms with Crippen LogP contribution in [0.4, 0.5) is 0 Å². The van der Waals surface area contributed by atoms with Crippen LogP contribution in [0.25, 0.3) is 5.13 Å². The second-order valence-electron chi connectivity index (χ2n) is 6.94. The third-order valence-electron chi connectivity index (χ3n) is 4.83. The molecular weight excluding hydrogens is 404 g/mol. The summed E-state index contributed by atoms with van der Waals surface area (Å²) in [5, 5.41) is 8.51. The van der Waals surface area contributed by atoms with E-state index in [0.717, 1.165) is 16.8 Å². The SMILES string of the molecule is Cc1nc(-n2cnn(Cc3c(C)noc3C)c2=O)sc1C(=O)CCc1cccnc1. The normalized spacial score (nSPS) is 11.2. The van der Waals surface area contributed by atoms with Gasteiger partial charge >= 0.3 is 5.69 Å². The summed E-state index contributed by atoms with van der Waals surface area (Å²) in [7, 11) is 0. The number of carbonyl (C=O) groups is 1. The number of aryl methyl sites for hydroxylation is 4. The number of hydrogen-bond donors (Lipinski definition) is 0. The van der Waals surface area contributed by atoms with Gasteiger partial charge in [0.1, 0.15) is 12.1 Å². The van der Waals surface area contributed by atoms with Crippen LogP contribution < -0.4 is 5.69 Å². The van der Waals surface area contributed by atoms with Crippen LogP contribution in [0.15, 0.2) is 40.2 Å². The van der Waals surface area contributed by atoms with Gasteiger partial charge in [-0.25, -0.2) is 19.0 Å². The molecule has 0 amide bonds. The highest BCUT2D eigenvalue weighted by Crippen LogP contribution is 2.23. The summed E-state index contributed by atoms with van der Waals surface area (Å²) in [5.74, 6) is 0.650. The molecule has 4 aromatic rings. The molecule has 0 aromatic carbocycles. The fraction of sp³-hybridized carbons (Fsp3) is 0.300. The molecule has 0 bridgehead atoms. The summed E-state index contributed by atoms with van der Waals surface area (Å²) >= 11 is 1.20. The number of hydrogen-bond acceptors (Lipinski definition) is 8. The van der Waals surface area contributed by atoms with Gasteiger partial charge in [-0.2, -0.15) is 5.10 Å². The maximum absolute atomic E-state index is 12.8. The molecule has 0 fully saturated rings. The molecule has 4 heterocycles. The van der Waals surface area contributed by atoms with Crippen molar-refractivity contribution in [1.82, 2.24) is 29.5 Å². The Morgan fingerprint density at radius 3 is 2.77 bits per heavy atom. The highest BCUT2D eigenvalue weighted by atomic mass is 32.1. The van der Waals surface area contributed by atoms with Crippen LogP contribution in [-0.2, 0) is 13.0 Å². The summed E-state index contributed by atoms with van der Waals surface area (Å²) in [4.78, 5) is 34.5. The minimum atomic E-state index is -0.335. The van der Waals surface area contributed by atoms with Gasteiger partial charge in [-0.1, -0.05) is 22.6 Å². The number of ketones is 1. The fourth-order valence-corrected chi connectivity index (χ4v) is 4.11. The van der Waals surface area contributed by atoms with Gasteiger partial charge in [-0.15, -0.1) is 0 Å². The molecule has 154 valence electrons. The van der Waals surface area contributed by atoms with Gasteiger partial charge in [0.15, 0.2) is 10.9 Å². The molecule has 0 aliphatic carbocycles. The molecule has 4 aromatic heterocycles. The predicted molar refractivity (Wildman–Crippen MR) is 110 cm³/mol. The van der Waals surface area contributed by atoms with Gasteiger partial charge in [-0.3, -0.25) is 9.78 Å². The van der Waals surface area contributed by atoms with E-state index >= 15 is 0 Å². The summed E-state index contributed by atoms with van der Waals surface area (Å²) in [6, 6.07) is 3.79. The van der Waals surface area contributed by atoms with Crippen molar-refractivity contribution in [2.45, 2.75) is 40.2 Å². The third kappa shape index (κ3) is 3.86. The molecule has 0 saturated heterocycles. The van der Waals surface area contributed by atoms with Crippen molar-refractivity contribution in [2.24, 2.45) is 0 Å². The number of nitrogens with zero attached hydrogens (tertiary/aromatic N) is 6. The summed E-state index contributed by atoms with van der Waals surface area (Å²) in [6.07, 6.45) is 5.84. The molecule has 0 N–H and O–H groups in total. The Balaban J connectivity index is 1.54. The van der Waals surface area contributed by atoms with Gasteiger partial charge in [0, 0.05) is 24.4 Å². The Morgan fingerprint density at radius 2 is 2.07 bits per heavy atom. The van der Waals surface area contributed by atoms with E-state index in [-0.39, 0.29) is 18.0 Å². The maximum Gasteiger partial charge on any atom is 0.352 e. The zero-order valence-corrected chi connectivity index (χ0v) is 17.6. The van der Waals surface area contributed by atoms with E-state index < -0.39 is 0 Å². The van der Waals surface area contributed by atoms with Gasteiger partial charge in [0.05, 0.1) is 22.8 Å². The molecule has 0 atom stereocenters. The number of carbonyl (C=O) groups excluding carboxylic acids is 1. The molecule has 9 nitrogen and oxygen atoms in total. The topological polar surface area (TPSA) is 109 Å². The van der Waals surface area contributed by atoms with Crippen molar-refractivity contribution in [2.75, 3.05) is 0 Å². The van der Waals surface area contributed by atoms with Crippen LogP contribution in [-0.4, -0.2) is 35.3 Å². The third-order valence-corrected chi connectivity index (χ3v) is 6.03. The minimum Gasteiger partial charge on any atom is -0.361 e. The monoisotopic (exact) mass is 424 g/mol. The molecule has 0 unspecified atom stereocenters. The van der Waals surface area contributed by atoms with E-state index in [2.05, 4.69) is 20.2 Å². The van der Waals surface area contributed by atoms with Crippen molar-refractivity contribution in [1.29, 1.82) is 0 Å². The molecule has 0 spiro atoms. The summed E-state index contributed by atoms with van der Waals surface area (Å²) in [5.41, 5.74) is 2.82. The lowest BCUT2D eigenvalue weighted by Crippen LogP contribution is -2.24. The molecule has 0 aliphatic rings. The lowest BCUT2D eigenvalue weighted by Gasteiger charge is -1.99. The average molecular weight is 424 g/mol. The molecule has 30 heavy (non-hydrogen) atoms. The second kappa shape index (κ2) is 8.15. The number of pyridine rings is 1. The Morgan fingerprint density at radius 1 is 1.23 bits per heavy atom. The quantitative estimate of drug-likeness (QED) is 0.420. The van der Waals surface area contributed by atoms with E-state index in [1.165, 1.54) is 26.9 Å². The van der Waals surface area contributed by atoms with E-state index in [4.69, 9.17) is 4.52 Å². The van der Waals surface area contributed by atoms with Gasteiger partial charge in [-0.05, 0) is 38.8 Å². The molecule has 0 radical (unpaired) electrons. The average Bonchev–Trinajstić information content (AvgIpc) is 3.40. The minimum absolute atomic E-state index is 0.00346. The smallest absolute Gasteiger partial charge is 0.352 e. The van der Waals surface area contributed by atoms with Crippen LogP contribution >= 0.6 is 11.3 Å². The van der Waals surface area contributed by atoms with Crippen LogP contribution in [0.2, 0.25) is 0 Å². The summed E-state index contributed by atoms with van der Waals surface area (Å²) < 4.78 is 7.83. The first-order valence-corrected chi connectivity index (χ1v) is 10.2. The van der Waals surface area contributed by atoms with Gasteiger partial charge in [0.2, 0.25) is 0 Å². The van der Waals surface area contributed by atoms with Crippen LogP contribution in [0, 0.1) is 20.8 Å². The highest BCUT2D eigenvalue weighted by molar-refractivity contribution is 7.16. The molecule has 10 heteroatoms. The van der Waals surface area contributed by atoms with Gasteiger partial charge in [0.25, 0.3) is 0 Å². The lowest BCUT2D eigenvalue weighted by molar-refractivity contribution is 0.0986. The van der Waals surface area contributed by atoms with E-state index in [1.54, 1.807) is 26.2 Å². The van der Waals surface area contributed by atoms with Crippen LogP contribution in [0.1, 0.15) is 44.4 Å².